The van der Waals surface area contributed by atoms with Crippen molar-refractivity contribution >= 4 is 11.0 Å². The van der Waals surface area contributed by atoms with E-state index in [-0.39, 0.29) is 0 Å². The Kier molecular flexibility index (Phi) is 2.11. The number of para-hydroxylation sites is 1. The van der Waals surface area contributed by atoms with Crippen LogP contribution < -0.4 is 5.32 Å². The minimum Gasteiger partial charge on any atom is -0.506 e. The van der Waals surface area contributed by atoms with E-state index in [4.69, 9.17) is 0 Å². The first kappa shape index (κ1) is 9.66. The molecule has 4 heteroatoms. The normalized spacial score (nSPS) is 20.7. The number of rotatable bonds is 1. The molecule has 0 radical (unpaired) electrons. The van der Waals surface area contributed by atoms with Crippen molar-refractivity contribution < 1.29 is 5.11 Å². The minimum atomic E-state index is 0.324. The first-order chi connectivity index (χ1) is 7.77. The first-order valence-electron chi connectivity index (χ1n) is 5.64. The molecule has 1 aromatic heterocycles. The van der Waals surface area contributed by atoms with Crippen molar-refractivity contribution in [3.05, 3.63) is 24.0 Å². The van der Waals surface area contributed by atoms with Crippen LogP contribution in [0.2, 0.25) is 0 Å². The zero-order chi connectivity index (χ0) is 11.1. The summed E-state index contributed by atoms with van der Waals surface area (Å²) in [6.07, 6.45) is 1.10. The predicted octanol–water partition coefficient (Wildman–Crippen LogP) is 1.58. The second-order valence-electron chi connectivity index (χ2n) is 4.32. The van der Waals surface area contributed by atoms with Crippen molar-refractivity contribution in [2.45, 2.75) is 19.4 Å². The highest BCUT2D eigenvalue weighted by Crippen LogP contribution is 2.30. The van der Waals surface area contributed by atoms with Crippen LogP contribution in [0.15, 0.2) is 18.2 Å². The number of fused-ring (bicyclic) bond motifs is 1. The Hall–Kier alpha value is -1.55. The van der Waals surface area contributed by atoms with E-state index in [0.717, 1.165) is 36.4 Å². The van der Waals surface area contributed by atoms with Crippen molar-refractivity contribution in [2.75, 3.05) is 13.1 Å². The third kappa shape index (κ3) is 1.30. The van der Waals surface area contributed by atoms with Crippen LogP contribution in [0.25, 0.3) is 11.0 Å². The van der Waals surface area contributed by atoms with E-state index in [1.807, 2.05) is 19.1 Å². The van der Waals surface area contributed by atoms with Crippen LogP contribution in [-0.2, 0) is 0 Å². The molecule has 0 saturated carbocycles. The van der Waals surface area contributed by atoms with Gasteiger partial charge in [-0.1, -0.05) is 6.07 Å². The number of aryl methyl sites for hydroxylation is 1. The first-order valence-corrected chi connectivity index (χ1v) is 5.64. The number of benzene rings is 1. The number of aromatic hydroxyl groups is 1. The van der Waals surface area contributed by atoms with Crippen molar-refractivity contribution in [3.8, 4) is 5.75 Å². The van der Waals surface area contributed by atoms with Gasteiger partial charge in [0.2, 0.25) is 0 Å². The van der Waals surface area contributed by atoms with E-state index < -0.39 is 0 Å². The van der Waals surface area contributed by atoms with Crippen LogP contribution in [0.5, 0.6) is 5.75 Å². The van der Waals surface area contributed by atoms with Crippen LogP contribution in [0, 0.1) is 6.92 Å². The summed E-state index contributed by atoms with van der Waals surface area (Å²) in [6.45, 7) is 4.00. The van der Waals surface area contributed by atoms with Crippen LogP contribution in [0.3, 0.4) is 0 Å². The quantitative estimate of drug-likeness (QED) is 0.762. The Bertz CT molecular complexity index is 526. The van der Waals surface area contributed by atoms with Crippen molar-refractivity contribution in [2.24, 2.45) is 0 Å². The molecule has 3 rings (SSSR count). The van der Waals surface area contributed by atoms with Gasteiger partial charge in [-0.05, 0) is 32.0 Å². The summed E-state index contributed by atoms with van der Waals surface area (Å²) in [4.78, 5) is 4.49. The van der Waals surface area contributed by atoms with Gasteiger partial charge in [0.05, 0.1) is 5.52 Å². The molecule has 0 bridgehead atoms. The molecule has 2 N–H and O–H groups in total. The van der Waals surface area contributed by atoms with Crippen LogP contribution in [0.4, 0.5) is 0 Å². The van der Waals surface area contributed by atoms with Gasteiger partial charge in [-0.15, -0.1) is 0 Å². The molecule has 1 atom stereocenters. The Balaban J connectivity index is 2.25. The fraction of sp³-hybridized carbons (Fsp3) is 0.417. The average molecular weight is 217 g/mol. The van der Waals surface area contributed by atoms with Gasteiger partial charge in [-0.25, -0.2) is 4.98 Å². The van der Waals surface area contributed by atoms with Gasteiger partial charge in [-0.2, -0.15) is 0 Å². The van der Waals surface area contributed by atoms with Gasteiger partial charge in [0.25, 0.3) is 0 Å². The standard InChI is InChI=1S/C12H15N3O/c1-8-14-10-3-2-4-11(16)12(10)15(8)9-5-6-13-7-9/h2-4,9,13,16H,5-7H2,1H3. The van der Waals surface area contributed by atoms with Gasteiger partial charge in [0, 0.05) is 12.6 Å². The fourth-order valence-electron chi connectivity index (χ4n) is 2.55. The summed E-state index contributed by atoms with van der Waals surface area (Å²) in [5, 5.41) is 13.3. The molecule has 1 unspecified atom stereocenters. The maximum absolute atomic E-state index is 9.94. The lowest BCUT2D eigenvalue weighted by atomic mass is 10.2. The highest BCUT2D eigenvalue weighted by atomic mass is 16.3. The molecule has 1 saturated heterocycles. The molecular formula is C12H15N3O. The number of hydrogen-bond donors (Lipinski definition) is 2. The van der Waals surface area contributed by atoms with Gasteiger partial charge < -0.3 is 15.0 Å². The molecule has 16 heavy (non-hydrogen) atoms. The van der Waals surface area contributed by atoms with Crippen LogP contribution in [0.1, 0.15) is 18.3 Å². The van der Waals surface area contributed by atoms with Crippen LogP contribution >= 0.6 is 0 Å². The van der Waals surface area contributed by atoms with Gasteiger partial charge in [-0.3, -0.25) is 0 Å². The predicted molar refractivity (Wildman–Crippen MR) is 62.7 cm³/mol. The number of phenolic OH excluding ortho intramolecular Hbond substituents is 1. The number of hydrogen-bond acceptors (Lipinski definition) is 3. The topological polar surface area (TPSA) is 50.1 Å². The molecule has 0 aliphatic carbocycles. The summed E-state index contributed by atoms with van der Waals surface area (Å²) >= 11 is 0. The molecule has 0 spiro atoms. The summed E-state index contributed by atoms with van der Waals surface area (Å²) in [7, 11) is 0. The Morgan fingerprint density at radius 1 is 1.50 bits per heavy atom. The van der Waals surface area contributed by atoms with Crippen molar-refractivity contribution in [1.29, 1.82) is 0 Å². The SMILES string of the molecule is Cc1nc2cccc(O)c2n1C1CCNC1. The summed E-state index contributed by atoms with van der Waals surface area (Å²) in [5.41, 5.74) is 1.75. The number of phenols is 1. The molecule has 2 heterocycles. The molecule has 84 valence electrons. The fourth-order valence-corrected chi connectivity index (χ4v) is 2.55. The van der Waals surface area contributed by atoms with E-state index in [1.54, 1.807) is 6.07 Å². The third-order valence-corrected chi connectivity index (χ3v) is 3.26. The smallest absolute Gasteiger partial charge is 0.141 e. The van der Waals surface area contributed by atoms with E-state index in [0.29, 0.717) is 11.8 Å². The molecular weight excluding hydrogens is 202 g/mol. The minimum absolute atomic E-state index is 0.324. The van der Waals surface area contributed by atoms with E-state index in [9.17, 15) is 5.11 Å². The lowest BCUT2D eigenvalue weighted by molar-refractivity contribution is 0.470. The number of nitrogens with one attached hydrogen (secondary N) is 1. The molecule has 0 amide bonds. The summed E-state index contributed by atoms with van der Waals surface area (Å²) in [5.74, 6) is 1.30. The Labute approximate surface area is 93.9 Å². The summed E-state index contributed by atoms with van der Waals surface area (Å²) < 4.78 is 2.16. The van der Waals surface area contributed by atoms with Crippen molar-refractivity contribution in [3.63, 3.8) is 0 Å². The highest BCUT2D eigenvalue weighted by molar-refractivity contribution is 5.82. The molecule has 1 aliphatic rings. The van der Waals surface area contributed by atoms with Gasteiger partial charge >= 0.3 is 0 Å². The van der Waals surface area contributed by atoms with E-state index >= 15 is 0 Å². The molecule has 1 aromatic carbocycles. The maximum atomic E-state index is 9.94. The second kappa shape index (κ2) is 3.49. The Morgan fingerprint density at radius 2 is 2.38 bits per heavy atom. The monoisotopic (exact) mass is 217 g/mol. The molecule has 2 aromatic rings. The molecule has 1 fully saturated rings. The zero-order valence-electron chi connectivity index (χ0n) is 9.27. The molecule has 1 aliphatic heterocycles. The largest absolute Gasteiger partial charge is 0.506 e. The second-order valence-corrected chi connectivity index (χ2v) is 4.32. The van der Waals surface area contributed by atoms with E-state index in [2.05, 4.69) is 14.9 Å². The van der Waals surface area contributed by atoms with E-state index in [1.165, 1.54) is 0 Å². The van der Waals surface area contributed by atoms with Crippen molar-refractivity contribution in [1.82, 2.24) is 14.9 Å². The highest BCUT2D eigenvalue weighted by Gasteiger charge is 2.21. The number of imidazole rings is 1. The third-order valence-electron chi connectivity index (χ3n) is 3.26. The number of nitrogens with zero attached hydrogens (tertiary/aromatic N) is 2. The number of aromatic nitrogens is 2. The van der Waals surface area contributed by atoms with Crippen LogP contribution in [-0.4, -0.2) is 27.7 Å². The average Bonchev–Trinajstić information content (AvgIpc) is 2.84. The van der Waals surface area contributed by atoms with Gasteiger partial charge in [0.1, 0.15) is 17.1 Å². The lowest BCUT2D eigenvalue weighted by Crippen LogP contribution is -2.14. The Morgan fingerprint density at radius 3 is 3.12 bits per heavy atom. The summed E-state index contributed by atoms with van der Waals surface area (Å²) in [6, 6.07) is 5.92. The zero-order valence-corrected chi connectivity index (χ0v) is 9.27. The lowest BCUT2D eigenvalue weighted by Gasteiger charge is -2.14. The maximum Gasteiger partial charge on any atom is 0.141 e. The molecule has 4 nitrogen and oxygen atoms in total. The van der Waals surface area contributed by atoms with Gasteiger partial charge in [0.15, 0.2) is 0 Å².